The SMILES string of the molecule is Cc1cc(S(=O)(=O)NCc2cccs2)cc(CN)c1F. The molecule has 20 heavy (non-hydrogen) atoms. The Hall–Kier alpha value is -1.28. The maximum atomic E-state index is 13.7. The van der Waals surface area contributed by atoms with E-state index in [1.54, 1.807) is 0 Å². The smallest absolute Gasteiger partial charge is 0.240 e. The molecule has 0 saturated heterocycles. The van der Waals surface area contributed by atoms with Gasteiger partial charge in [-0.15, -0.1) is 11.3 Å². The van der Waals surface area contributed by atoms with Crippen LogP contribution in [0.1, 0.15) is 16.0 Å². The Labute approximate surface area is 121 Å². The minimum atomic E-state index is -3.67. The van der Waals surface area contributed by atoms with Gasteiger partial charge in [0.1, 0.15) is 5.82 Å². The standard InChI is InChI=1S/C13H15FN2O2S2/c1-9-5-12(6-10(7-15)13(9)14)20(17,18)16-8-11-3-2-4-19-11/h2-6,16H,7-8,15H2,1H3. The molecule has 1 aromatic heterocycles. The Morgan fingerprint density at radius 3 is 2.75 bits per heavy atom. The van der Waals surface area contributed by atoms with Crippen molar-refractivity contribution in [3.63, 3.8) is 0 Å². The molecule has 0 aliphatic rings. The monoisotopic (exact) mass is 314 g/mol. The highest BCUT2D eigenvalue weighted by Gasteiger charge is 2.17. The summed E-state index contributed by atoms with van der Waals surface area (Å²) in [5, 5.41) is 1.87. The van der Waals surface area contributed by atoms with Crippen molar-refractivity contribution in [3.05, 3.63) is 51.5 Å². The van der Waals surface area contributed by atoms with Gasteiger partial charge in [0.15, 0.2) is 0 Å². The van der Waals surface area contributed by atoms with E-state index in [1.807, 2.05) is 17.5 Å². The van der Waals surface area contributed by atoms with Gasteiger partial charge in [0.2, 0.25) is 10.0 Å². The van der Waals surface area contributed by atoms with E-state index in [9.17, 15) is 12.8 Å². The van der Waals surface area contributed by atoms with Crippen molar-refractivity contribution in [2.24, 2.45) is 5.73 Å². The van der Waals surface area contributed by atoms with Gasteiger partial charge in [0.25, 0.3) is 0 Å². The third kappa shape index (κ3) is 3.24. The number of benzene rings is 1. The van der Waals surface area contributed by atoms with Crippen LogP contribution in [0.5, 0.6) is 0 Å². The topological polar surface area (TPSA) is 72.2 Å². The van der Waals surface area contributed by atoms with Crippen LogP contribution in [0, 0.1) is 12.7 Å². The number of rotatable bonds is 5. The molecule has 7 heteroatoms. The predicted octanol–water partition coefficient (Wildman–Crippen LogP) is 2.13. The zero-order valence-corrected chi connectivity index (χ0v) is 12.5. The first kappa shape index (κ1) is 15.1. The van der Waals surface area contributed by atoms with Gasteiger partial charge in [-0.3, -0.25) is 0 Å². The highest BCUT2D eigenvalue weighted by molar-refractivity contribution is 7.89. The predicted molar refractivity (Wildman–Crippen MR) is 77.4 cm³/mol. The van der Waals surface area contributed by atoms with Gasteiger partial charge >= 0.3 is 0 Å². The number of aryl methyl sites for hydroxylation is 1. The second kappa shape index (κ2) is 6.01. The summed E-state index contributed by atoms with van der Waals surface area (Å²) in [4.78, 5) is 0.944. The number of hydrogen-bond donors (Lipinski definition) is 2. The molecule has 0 radical (unpaired) electrons. The van der Waals surface area contributed by atoms with Crippen LogP contribution in [0.15, 0.2) is 34.5 Å². The van der Waals surface area contributed by atoms with Gasteiger partial charge in [0.05, 0.1) is 4.90 Å². The minimum Gasteiger partial charge on any atom is -0.326 e. The van der Waals surface area contributed by atoms with Crippen LogP contribution in [0.25, 0.3) is 0 Å². The molecule has 0 fully saturated rings. The molecule has 0 spiro atoms. The molecule has 2 rings (SSSR count). The molecule has 1 aromatic carbocycles. The van der Waals surface area contributed by atoms with Crippen molar-refractivity contribution in [1.82, 2.24) is 4.72 Å². The van der Waals surface area contributed by atoms with E-state index in [-0.39, 0.29) is 29.1 Å². The average Bonchev–Trinajstić information content (AvgIpc) is 2.92. The summed E-state index contributed by atoms with van der Waals surface area (Å²) in [6, 6.07) is 6.28. The van der Waals surface area contributed by atoms with E-state index in [1.165, 1.54) is 30.4 Å². The Morgan fingerprint density at radius 1 is 1.40 bits per heavy atom. The summed E-state index contributed by atoms with van der Waals surface area (Å²) >= 11 is 1.47. The Bertz CT molecular complexity index is 697. The van der Waals surface area contributed by atoms with Crippen LogP contribution in [0.4, 0.5) is 4.39 Å². The fraction of sp³-hybridized carbons (Fsp3) is 0.231. The molecule has 0 aliphatic carbocycles. The number of nitrogens with one attached hydrogen (secondary N) is 1. The first-order valence-electron chi connectivity index (χ1n) is 5.95. The summed E-state index contributed by atoms with van der Waals surface area (Å²) in [5.41, 5.74) is 5.89. The largest absolute Gasteiger partial charge is 0.326 e. The van der Waals surface area contributed by atoms with E-state index in [4.69, 9.17) is 5.73 Å². The summed E-state index contributed by atoms with van der Waals surface area (Å²) in [6.07, 6.45) is 0. The highest BCUT2D eigenvalue weighted by Crippen LogP contribution is 2.19. The lowest BCUT2D eigenvalue weighted by Gasteiger charge is -2.10. The van der Waals surface area contributed by atoms with Crippen LogP contribution in [0.2, 0.25) is 0 Å². The molecular weight excluding hydrogens is 299 g/mol. The van der Waals surface area contributed by atoms with Crippen LogP contribution in [0.3, 0.4) is 0 Å². The normalized spacial score (nSPS) is 11.8. The second-order valence-corrected chi connectivity index (χ2v) is 7.12. The molecule has 4 nitrogen and oxygen atoms in total. The van der Waals surface area contributed by atoms with Gasteiger partial charge in [-0.25, -0.2) is 17.5 Å². The van der Waals surface area contributed by atoms with Gasteiger partial charge in [-0.05, 0) is 36.1 Å². The van der Waals surface area contributed by atoms with Crippen molar-refractivity contribution >= 4 is 21.4 Å². The zero-order valence-electron chi connectivity index (χ0n) is 10.9. The van der Waals surface area contributed by atoms with Crippen LogP contribution in [-0.4, -0.2) is 8.42 Å². The van der Waals surface area contributed by atoms with Gasteiger partial charge in [-0.1, -0.05) is 6.07 Å². The molecule has 0 amide bonds. The molecule has 1 heterocycles. The van der Waals surface area contributed by atoms with Gasteiger partial charge < -0.3 is 5.73 Å². The minimum absolute atomic E-state index is 0.0356. The molecule has 0 aliphatic heterocycles. The molecule has 0 saturated carbocycles. The Kier molecular flexibility index (Phi) is 4.54. The van der Waals surface area contributed by atoms with Crippen LogP contribution in [-0.2, 0) is 23.1 Å². The molecule has 0 unspecified atom stereocenters. The number of hydrogen-bond acceptors (Lipinski definition) is 4. The molecule has 2 aromatic rings. The molecule has 108 valence electrons. The third-order valence-electron chi connectivity index (χ3n) is 2.85. The third-order valence-corrected chi connectivity index (χ3v) is 5.11. The van der Waals surface area contributed by atoms with Crippen LogP contribution >= 0.6 is 11.3 Å². The quantitative estimate of drug-likeness (QED) is 0.888. The molecule has 0 atom stereocenters. The van der Waals surface area contributed by atoms with E-state index < -0.39 is 15.8 Å². The Morgan fingerprint density at radius 2 is 2.15 bits per heavy atom. The van der Waals surface area contributed by atoms with Gasteiger partial charge in [0, 0.05) is 23.5 Å². The van der Waals surface area contributed by atoms with E-state index in [2.05, 4.69) is 4.72 Å². The van der Waals surface area contributed by atoms with Crippen molar-refractivity contribution in [3.8, 4) is 0 Å². The number of thiophene rings is 1. The summed E-state index contributed by atoms with van der Waals surface area (Å²) in [7, 11) is -3.67. The molecule has 0 bridgehead atoms. The maximum Gasteiger partial charge on any atom is 0.240 e. The average molecular weight is 314 g/mol. The molecule has 3 N–H and O–H groups in total. The highest BCUT2D eigenvalue weighted by atomic mass is 32.2. The van der Waals surface area contributed by atoms with E-state index in [0.717, 1.165) is 4.88 Å². The second-order valence-electron chi connectivity index (χ2n) is 4.32. The lowest BCUT2D eigenvalue weighted by molar-refractivity contribution is 0.578. The summed E-state index contributed by atoms with van der Waals surface area (Å²) < 4.78 is 40.6. The maximum absolute atomic E-state index is 13.7. The van der Waals surface area contributed by atoms with E-state index in [0.29, 0.717) is 0 Å². The Balaban J connectivity index is 2.27. The fourth-order valence-electron chi connectivity index (χ4n) is 1.77. The first-order chi connectivity index (χ1) is 9.44. The molecular formula is C13H15FN2O2S2. The van der Waals surface area contributed by atoms with Crippen molar-refractivity contribution in [2.75, 3.05) is 0 Å². The zero-order chi connectivity index (χ0) is 14.8. The first-order valence-corrected chi connectivity index (χ1v) is 8.31. The summed E-state index contributed by atoms with van der Waals surface area (Å²) in [5.74, 6) is -0.454. The lowest BCUT2D eigenvalue weighted by Crippen LogP contribution is -2.23. The van der Waals surface area contributed by atoms with Crippen molar-refractivity contribution in [1.29, 1.82) is 0 Å². The summed E-state index contributed by atoms with van der Waals surface area (Å²) in [6.45, 7) is 1.70. The van der Waals surface area contributed by atoms with Crippen molar-refractivity contribution < 1.29 is 12.8 Å². The fourth-order valence-corrected chi connectivity index (χ4v) is 3.65. The van der Waals surface area contributed by atoms with Gasteiger partial charge in [-0.2, -0.15) is 0 Å². The van der Waals surface area contributed by atoms with Crippen molar-refractivity contribution in [2.45, 2.75) is 24.9 Å². The van der Waals surface area contributed by atoms with Crippen LogP contribution < -0.4 is 10.5 Å². The number of halogens is 1. The number of sulfonamides is 1. The van der Waals surface area contributed by atoms with E-state index >= 15 is 0 Å². The lowest BCUT2D eigenvalue weighted by atomic mass is 10.1. The number of nitrogens with two attached hydrogens (primary N) is 1.